The molecule has 9 nitrogen and oxygen atoms in total. The van der Waals surface area contributed by atoms with E-state index in [4.69, 9.17) is 14.8 Å². The summed E-state index contributed by atoms with van der Waals surface area (Å²) in [6.45, 7) is 4.81. The molecule has 0 unspecified atom stereocenters. The van der Waals surface area contributed by atoms with E-state index >= 15 is 0 Å². The molecule has 4 aromatic heterocycles. The monoisotopic (exact) mass is 391 g/mol. The summed E-state index contributed by atoms with van der Waals surface area (Å²) in [5.74, 6) is 1.43. The van der Waals surface area contributed by atoms with Crippen LogP contribution in [0, 0.1) is 0 Å². The van der Waals surface area contributed by atoms with Gasteiger partial charge >= 0.3 is 0 Å². The number of rotatable bonds is 4. The Morgan fingerprint density at radius 1 is 1.14 bits per heavy atom. The summed E-state index contributed by atoms with van der Waals surface area (Å²) in [6.07, 6.45) is 4.23. The number of fused-ring (bicyclic) bond motifs is 1. The highest BCUT2D eigenvalue weighted by Crippen LogP contribution is 2.24. The van der Waals surface area contributed by atoms with Crippen LogP contribution in [0.5, 0.6) is 0 Å². The van der Waals surface area contributed by atoms with Gasteiger partial charge in [0.25, 0.3) is 5.56 Å². The summed E-state index contributed by atoms with van der Waals surface area (Å²) in [4.78, 5) is 23.5. The molecule has 0 atom stereocenters. The molecule has 29 heavy (non-hydrogen) atoms. The van der Waals surface area contributed by atoms with Gasteiger partial charge in [0.15, 0.2) is 11.5 Å². The van der Waals surface area contributed by atoms with Gasteiger partial charge in [-0.3, -0.25) is 14.9 Å². The first-order chi connectivity index (χ1) is 14.2. The largest absolute Gasteiger partial charge is 0.378 e. The Balaban J connectivity index is 1.70. The highest BCUT2D eigenvalue weighted by atomic mass is 16.5. The Kier molecular flexibility index (Phi) is 4.36. The van der Waals surface area contributed by atoms with Crippen molar-refractivity contribution in [3.63, 3.8) is 0 Å². The Hall–Kier alpha value is -3.46. The third-order valence-corrected chi connectivity index (χ3v) is 5.09. The van der Waals surface area contributed by atoms with Gasteiger partial charge in [-0.05, 0) is 18.6 Å². The third kappa shape index (κ3) is 3.19. The number of nitrogens with one attached hydrogen (secondary N) is 1. The van der Waals surface area contributed by atoms with Crippen LogP contribution in [0.25, 0.3) is 22.7 Å². The van der Waals surface area contributed by atoms with Gasteiger partial charge in [-0.2, -0.15) is 9.61 Å². The number of pyridine rings is 1. The maximum Gasteiger partial charge on any atom is 0.272 e. The minimum absolute atomic E-state index is 0.125. The standard InChI is InChI=1S/C20H21N7O2/c1-2-15-11-20(28)27(23-15)18-13-19(25-7-9-29-10-8-25)26-17(22-18)12-16(24-26)14-3-5-21-6-4-14/h3-6,11-13,23H,2,7-10H2,1H3. The van der Waals surface area contributed by atoms with Gasteiger partial charge in [0.2, 0.25) is 0 Å². The van der Waals surface area contributed by atoms with Crippen LogP contribution in [-0.2, 0) is 11.2 Å². The topological polar surface area (TPSA) is 93.3 Å². The predicted molar refractivity (Wildman–Crippen MR) is 109 cm³/mol. The van der Waals surface area contributed by atoms with Gasteiger partial charge in [0, 0.05) is 54.9 Å². The molecule has 1 fully saturated rings. The number of hydrogen-bond donors (Lipinski definition) is 1. The van der Waals surface area contributed by atoms with Crippen LogP contribution in [0.4, 0.5) is 5.82 Å². The van der Waals surface area contributed by atoms with Crippen molar-refractivity contribution >= 4 is 11.5 Å². The van der Waals surface area contributed by atoms with Crippen LogP contribution in [-0.4, -0.2) is 55.7 Å². The number of aryl methyl sites for hydroxylation is 1. The molecule has 9 heteroatoms. The molecule has 0 amide bonds. The summed E-state index contributed by atoms with van der Waals surface area (Å²) >= 11 is 0. The van der Waals surface area contributed by atoms with Crippen LogP contribution in [0.15, 0.2) is 47.5 Å². The first kappa shape index (κ1) is 17.6. The van der Waals surface area contributed by atoms with Crippen LogP contribution >= 0.6 is 0 Å². The SMILES string of the molecule is CCc1cc(=O)n(-c2cc(N3CCOCC3)n3nc(-c4ccncc4)cc3n2)[nH]1. The van der Waals surface area contributed by atoms with Crippen LogP contribution < -0.4 is 10.5 Å². The summed E-state index contributed by atoms with van der Waals surface area (Å²) in [5, 5.41) is 7.92. The third-order valence-electron chi connectivity index (χ3n) is 5.09. The van der Waals surface area contributed by atoms with Crippen molar-refractivity contribution in [2.24, 2.45) is 0 Å². The van der Waals surface area contributed by atoms with Crippen molar-refractivity contribution < 1.29 is 4.74 Å². The first-order valence-corrected chi connectivity index (χ1v) is 9.68. The van der Waals surface area contributed by atoms with Crippen LogP contribution in [0.2, 0.25) is 0 Å². The Bertz CT molecular complexity index is 1200. The molecule has 0 radical (unpaired) electrons. The van der Waals surface area contributed by atoms with Gasteiger partial charge in [-0.1, -0.05) is 6.92 Å². The maximum absolute atomic E-state index is 12.5. The number of H-pyrrole nitrogens is 1. The number of ether oxygens (including phenoxy) is 1. The highest BCUT2D eigenvalue weighted by Gasteiger charge is 2.19. The van der Waals surface area contributed by atoms with Gasteiger partial charge in [-0.15, -0.1) is 0 Å². The molecule has 0 aliphatic carbocycles. The number of hydrogen-bond acceptors (Lipinski definition) is 6. The lowest BCUT2D eigenvalue weighted by Gasteiger charge is -2.29. The lowest BCUT2D eigenvalue weighted by molar-refractivity contribution is 0.122. The number of aromatic amines is 1. The second-order valence-corrected chi connectivity index (χ2v) is 6.92. The van der Waals surface area contributed by atoms with Crippen molar-refractivity contribution in [3.05, 3.63) is 58.8 Å². The quantitative estimate of drug-likeness (QED) is 0.569. The van der Waals surface area contributed by atoms with Gasteiger partial charge in [-0.25, -0.2) is 9.67 Å². The number of nitrogens with zero attached hydrogens (tertiary/aromatic N) is 6. The van der Waals surface area contributed by atoms with E-state index in [1.165, 1.54) is 4.68 Å². The van der Waals surface area contributed by atoms with E-state index in [0.29, 0.717) is 24.7 Å². The van der Waals surface area contributed by atoms with Gasteiger partial charge < -0.3 is 9.64 Å². The van der Waals surface area contributed by atoms with E-state index in [-0.39, 0.29) is 5.56 Å². The van der Waals surface area contributed by atoms with E-state index in [2.05, 4.69) is 15.0 Å². The van der Waals surface area contributed by atoms with Crippen molar-refractivity contribution in [1.29, 1.82) is 0 Å². The molecule has 1 aliphatic heterocycles. The second kappa shape index (κ2) is 7.17. The maximum atomic E-state index is 12.5. The van der Waals surface area contributed by atoms with Crippen molar-refractivity contribution in [1.82, 2.24) is 29.4 Å². The Labute approximate surface area is 166 Å². The van der Waals surface area contributed by atoms with E-state index in [9.17, 15) is 4.79 Å². The van der Waals surface area contributed by atoms with E-state index < -0.39 is 0 Å². The Morgan fingerprint density at radius 2 is 1.93 bits per heavy atom. The fraction of sp³-hybridized carbons (Fsp3) is 0.300. The number of anilines is 1. The summed E-state index contributed by atoms with van der Waals surface area (Å²) < 4.78 is 8.83. The van der Waals surface area contributed by atoms with Crippen LogP contribution in [0.1, 0.15) is 12.6 Å². The molecule has 4 aromatic rings. The molecular weight excluding hydrogens is 370 g/mol. The molecule has 0 bridgehead atoms. The van der Waals surface area contributed by atoms with Crippen molar-refractivity contribution in [2.75, 3.05) is 31.2 Å². The molecule has 5 heterocycles. The first-order valence-electron chi connectivity index (χ1n) is 9.68. The lowest BCUT2D eigenvalue weighted by atomic mass is 10.2. The van der Waals surface area contributed by atoms with Gasteiger partial charge in [0.05, 0.1) is 18.9 Å². The average Bonchev–Trinajstić information content (AvgIpc) is 3.37. The zero-order valence-electron chi connectivity index (χ0n) is 16.1. The van der Waals surface area contributed by atoms with Crippen molar-refractivity contribution in [2.45, 2.75) is 13.3 Å². The van der Waals surface area contributed by atoms with Gasteiger partial charge in [0.1, 0.15) is 5.82 Å². The zero-order valence-corrected chi connectivity index (χ0v) is 16.1. The van der Waals surface area contributed by atoms with E-state index in [1.54, 1.807) is 18.5 Å². The minimum atomic E-state index is -0.125. The second-order valence-electron chi connectivity index (χ2n) is 6.92. The van der Waals surface area contributed by atoms with E-state index in [1.807, 2.05) is 35.7 Å². The highest BCUT2D eigenvalue weighted by molar-refractivity contribution is 5.66. The molecular formula is C20H21N7O2. The fourth-order valence-corrected chi connectivity index (χ4v) is 3.54. The molecule has 1 saturated heterocycles. The molecule has 1 aliphatic rings. The molecule has 148 valence electrons. The Morgan fingerprint density at radius 3 is 2.66 bits per heavy atom. The molecule has 5 rings (SSSR count). The molecule has 0 saturated carbocycles. The minimum Gasteiger partial charge on any atom is -0.378 e. The van der Waals surface area contributed by atoms with Crippen LogP contribution in [0.3, 0.4) is 0 Å². The zero-order chi connectivity index (χ0) is 19.8. The number of aromatic nitrogens is 6. The van der Waals surface area contributed by atoms with E-state index in [0.717, 1.165) is 42.3 Å². The number of morpholine rings is 1. The summed E-state index contributed by atoms with van der Waals surface area (Å²) in [6, 6.07) is 9.27. The molecule has 0 spiro atoms. The lowest BCUT2D eigenvalue weighted by Crippen LogP contribution is -2.37. The predicted octanol–water partition coefficient (Wildman–Crippen LogP) is 1.67. The van der Waals surface area contributed by atoms with Crippen molar-refractivity contribution in [3.8, 4) is 17.1 Å². The smallest absolute Gasteiger partial charge is 0.272 e. The molecule has 0 aromatic carbocycles. The molecule has 1 N–H and O–H groups in total. The normalized spacial score (nSPS) is 14.6. The summed E-state index contributed by atoms with van der Waals surface area (Å²) in [5.41, 5.74) is 3.19. The summed E-state index contributed by atoms with van der Waals surface area (Å²) in [7, 11) is 0. The fourth-order valence-electron chi connectivity index (χ4n) is 3.54. The average molecular weight is 391 g/mol.